The molecule has 1 aromatic rings. The minimum atomic E-state index is -0.313. The zero-order valence-corrected chi connectivity index (χ0v) is 14.8. The normalized spacial score (nSPS) is 19.9. The molecule has 5 nitrogen and oxygen atoms in total. The van der Waals surface area contributed by atoms with Crippen LogP contribution in [0.2, 0.25) is 0 Å². The van der Waals surface area contributed by atoms with Gasteiger partial charge in [-0.3, -0.25) is 4.79 Å². The van der Waals surface area contributed by atoms with Gasteiger partial charge < -0.3 is 14.8 Å². The SMILES string of the molecule is CCOc1cc2c(cc1/C=C(\C#N)C(=O)NC1CCCC1)OC(C)C2. The Morgan fingerprint density at radius 3 is 2.88 bits per heavy atom. The summed E-state index contributed by atoms with van der Waals surface area (Å²) in [5.74, 6) is 1.17. The third-order valence-electron chi connectivity index (χ3n) is 4.68. The van der Waals surface area contributed by atoms with Crippen LogP contribution in [0.4, 0.5) is 0 Å². The smallest absolute Gasteiger partial charge is 0.262 e. The molecule has 0 radical (unpaired) electrons. The van der Waals surface area contributed by atoms with Gasteiger partial charge >= 0.3 is 0 Å². The number of ether oxygens (including phenoxy) is 2. The van der Waals surface area contributed by atoms with E-state index in [1.807, 2.05) is 32.0 Å². The summed E-state index contributed by atoms with van der Waals surface area (Å²) in [5.41, 5.74) is 1.90. The Kier molecular flexibility index (Phi) is 5.28. The second-order valence-corrected chi connectivity index (χ2v) is 6.69. The number of benzene rings is 1. The fourth-order valence-corrected chi connectivity index (χ4v) is 3.49. The van der Waals surface area contributed by atoms with Gasteiger partial charge in [-0.15, -0.1) is 0 Å². The molecule has 1 aromatic carbocycles. The second-order valence-electron chi connectivity index (χ2n) is 6.69. The minimum Gasteiger partial charge on any atom is -0.493 e. The number of carbonyl (C=O) groups excluding carboxylic acids is 1. The van der Waals surface area contributed by atoms with Crippen LogP contribution in [0.25, 0.3) is 6.08 Å². The largest absolute Gasteiger partial charge is 0.493 e. The van der Waals surface area contributed by atoms with E-state index in [9.17, 15) is 10.1 Å². The number of carbonyl (C=O) groups is 1. The van der Waals surface area contributed by atoms with Gasteiger partial charge in [-0.05, 0) is 44.9 Å². The lowest BCUT2D eigenvalue weighted by molar-refractivity contribution is -0.117. The van der Waals surface area contributed by atoms with E-state index in [0.717, 1.165) is 43.4 Å². The van der Waals surface area contributed by atoms with Crippen LogP contribution in [-0.4, -0.2) is 24.7 Å². The molecule has 1 aliphatic heterocycles. The first kappa shape index (κ1) is 17.3. The average molecular weight is 340 g/mol. The van der Waals surface area contributed by atoms with Crippen molar-refractivity contribution in [2.45, 2.75) is 58.1 Å². The summed E-state index contributed by atoms with van der Waals surface area (Å²) in [7, 11) is 0. The molecule has 1 N–H and O–H groups in total. The number of rotatable bonds is 5. The van der Waals surface area contributed by atoms with Gasteiger partial charge in [0.15, 0.2) is 0 Å². The van der Waals surface area contributed by atoms with Crippen LogP contribution in [0.1, 0.15) is 50.7 Å². The van der Waals surface area contributed by atoms with Gasteiger partial charge in [0.25, 0.3) is 5.91 Å². The fourth-order valence-electron chi connectivity index (χ4n) is 3.49. The van der Waals surface area contributed by atoms with Crippen molar-refractivity contribution in [1.82, 2.24) is 5.32 Å². The van der Waals surface area contributed by atoms with Crippen LogP contribution in [-0.2, 0) is 11.2 Å². The Morgan fingerprint density at radius 1 is 1.44 bits per heavy atom. The van der Waals surface area contributed by atoms with Crippen molar-refractivity contribution in [1.29, 1.82) is 5.26 Å². The van der Waals surface area contributed by atoms with E-state index in [-0.39, 0.29) is 23.6 Å². The molecule has 0 saturated heterocycles. The van der Waals surface area contributed by atoms with Crippen molar-refractivity contribution in [3.8, 4) is 17.6 Å². The number of fused-ring (bicyclic) bond motifs is 1. The first-order valence-corrected chi connectivity index (χ1v) is 8.99. The number of hydrogen-bond acceptors (Lipinski definition) is 4. The Labute approximate surface area is 148 Å². The summed E-state index contributed by atoms with van der Waals surface area (Å²) in [4.78, 5) is 12.4. The molecule has 0 aromatic heterocycles. The van der Waals surface area contributed by atoms with Crippen LogP contribution < -0.4 is 14.8 Å². The van der Waals surface area contributed by atoms with E-state index in [2.05, 4.69) is 5.32 Å². The van der Waals surface area contributed by atoms with Crippen LogP contribution >= 0.6 is 0 Å². The number of hydrogen-bond donors (Lipinski definition) is 1. The van der Waals surface area contributed by atoms with Crippen LogP contribution in [0.15, 0.2) is 17.7 Å². The first-order valence-electron chi connectivity index (χ1n) is 8.99. The molecule has 0 bridgehead atoms. The zero-order valence-electron chi connectivity index (χ0n) is 14.8. The third kappa shape index (κ3) is 3.96. The number of nitriles is 1. The van der Waals surface area contributed by atoms with E-state index < -0.39 is 0 Å². The maximum atomic E-state index is 12.4. The third-order valence-corrected chi connectivity index (χ3v) is 4.68. The van der Waals surface area contributed by atoms with Gasteiger partial charge in [0.1, 0.15) is 29.2 Å². The molecular weight excluding hydrogens is 316 g/mol. The van der Waals surface area contributed by atoms with Gasteiger partial charge in [-0.25, -0.2) is 0 Å². The topological polar surface area (TPSA) is 71.3 Å². The molecule has 1 fully saturated rings. The maximum Gasteiger partial charge on any atom is 0.262 e. The zero-order chi connectivity index (χ0) is 17.8. The summed E-state index contributed by atoms with van der Waals surface area (Å²) < 4.78 is 11.5. The Bertz CT molecular complexity index is 727. The average Bonchev–Trinajstić information content (AvgIpc) is 3.21. The van der Waals surface area contributed by atoms with Gasteiger partial charge in [0.05, 0.1) is 6.61 Å². The molecule has 132 valence electrons. The molecule has 25 heavy (non-hydrogen) atoms. The highest BCUT2D eigenvalue weighted by molar-refractivity contribution is 6.02. The summed E-state index contributed by atoms with van der Waals surface area (Å²) in [5, 5.41) is 12.4. The van der Waals surface area contributed by atoms with Crippen LogP contribution in [0.3, 0.4) is 0 Å². The highest BCUT2D eigenvalue weighted by Gasteiger charge is 2.23. The second kappa shape index (κ2) is 7.60. The van der Waals surface area contributed by atoms with E-state index in [4.69, 9.17) is 9.47 Å². The standard InChI is InChI=1S/C20H24N2O3/c1-3-24-18-10-14-8-13(2)25-19(14)11-15(18)9-16(12-21)20(23)22-17-6-4-5-7-17/h9-11,13,17H,3-8H2,1-2H3,(H,22,23)/b16-9+. The van der Waals surface area contributed by atoms with Gasteiger partial charge in [0.2, 0.25) is 0 Å². The molecule has 1 heterocycles. The number of nitrogens with zero attached hydrogens (tertiary/aromatic N) is 1. The van der Waals surface area contributed by atoms with Crippen molar-refractivity contribution < 1.29 is 14.3 Å². The molecule has 1 saturated carbocycles. The van der Waals surface area contributed by atoms with E-state index in [0.29, 0.717) is 17.9 Å². The van der Waals surface area contributed by atoms with Crippen LogP contribution in [0.5, 0.6) is 11.5 Å². The summed E-state index contributed by atoms with van der Waals surface area (Å²) >= 11 is 0. The molecule has 2 aliphatic rings. The highest BCUT2D eigenvalue weighted by Crippen LogP contribution is 2.36. The lowest BCUT2D eigenvalue weighted by Gasteiger charge is -2.12. The minimum absolute atomic E-state index is 0.0962. The summed E-state index contributed by atoms with van der Waals surface area (Å²) in [6.07, 6.45) is 6.80. The van der Waals surface area contributed by atoms with Crippen molar-refractivity contribution in [3.05, 3.63) is 28.8 Å². The number of nitrogens with one attached hydrogen (secondary N) is 1. The van der Waals surface area contributed by atoms with Gasteiger partial charge in [-0.1, -0.05) is 12.8 Å². The Balaban J connectivity index is 1.87. The highest BCUT2D eigenvalue weighted by atomic mass is 16.5. The maximum absolute atomic E-state index is 12.4. The van der Waals surface area contributed by atoms with E-state index in [1.165, 1.54) is 0 Å². The van der Waals surface area contributed by atoms with E-state index in [1.54, 1.807) is 6.08 Å². The van der Waals surface area contributed by atoms with Gasteiger partial charge in [0, 0.05) is 23.6 Å². The Hall–Kier alpha value is -2.48. The molecule has 0 spiro atoms. The van der Waals surface area contributed by atoms with Gasteiger partial charge in [-0.2, -0.15) is 5.26 Å². The lowest BCUT2D eigenvalue weighted by Crippen LogP contribution is -2.33. The Morgan fingerprint density at radius 2 is 2.20 bits per heavy atom. The van der Waals surface area contributed by atoms with Crippen LogP contribution in [0, 0.1) is 11.3 Å². The molecule has 1 amide bonds. The monoisotopic (exact) mass is 340 g/mol. The molecule has 1 unspecified atom stereocenters. The number of amides is 1. The summed E-state index contributed by atoms with van der Waals surface area (Å²) in [6, 6.07) is 6.02. The molecule has 1 atom stereocenters. The predicted molar refractivity (Wildman–Crippen MR) is 95.4 cm³/mol. The molecule has 3 rings (SSSR count). The van der Waals surface area contributed by atoms with Crippen molar-refractivity contribution in [2.75, 3.05) is 6.61 Å². The fraction of sp³-hybridized carbons (Fsp3) is 0.500. The quantitative estimate of drug-likeness (QED) is 0.659. The molecular formula is C20H24N2O3. The first-order chi connectivity index (χ1) is 12.1. The van der Waals surface area contributed by atoms with Crippen molar-refractivity contribution in [3.63, 3.8) is 0 Å². The molecule has 5 heteroatoms. The predicted octanol–water partition coefficient (Wildman–Crippen LogP) is 3.37. The summed E-state index contributed by atoms with van der Waals surface area (Å²) in [6.45, 7) is 4.45. The van der Waals surface area contributed by atoms with Crippen molar-refractivity contribution in [2.24, 2.45) is 0 Å². The van der Waals surface area contributed by atoms with Crippen molar-refractivity contribution >= 4 is 12.0 Å². The molecule has 1 aliphatic carbocycles. The lowest BCUT2D eigenvalue weighted by atomic mass is 10.0. The van der Waals surface area contributed by atoms with E-state index >= 15 is 0 Å².